The van der Waals surface area contributed by atoms with Crippen molar-refractivity contribution in [2.75, 3.05) is 20.2 Å². The van der Waals surface area contributed by atoms with Crippen molar-refractivity contribution in [3.63, 3.8) is 0 Å². The molecule has 0 aliphatic rings. The average Bonchev–Trinajstić information content (AvgIpc) is 3.00. The Morgan fingerprint density at radius 2 is 1.41 bits per heavy atom. The van der Waals surface area contributed by atoms with Crippen LogP contribution in [0.2, 0.25) is 0 Å². The van der Waals surface area contributed by atoms with E-state index in [-0.39, 0.29) is 25.4 Å². The minimum atomic E-state index is -1.00. The highest BCUT2D eigenvalue weighted by molar-refractivity contribution is 6.06. The van der Waals surface area contributed by atoms with E-state index in [4.69, 9.17) is 4.74 Å². The summed E-state index contributed by atoms with van der Waals surface area (Å²) >= 11 is 0. The summed E-state index contributed by atoms with van der Waals surface area (Å²) in [7, 11) is 1.59. The Bertz CT molecular complexity index is 1520. The van der Waals surface area contributed by atoms with Gasteiger partial charge in [0.25, 0.3) is 11.8 Å². The molecular formula is C33H31FN2O5. The first-order chi connectivity index (χ1) is 19.9. The fourth-order valence-electron chi connectivity index (χ4n) is 4.51. The lowest BCUT2D eigenvalue weighted by atomic mass is 9.94. The highest BCUT2D eigenvalue weighted by Crippen LogP contribution is 2.29. The number of carbonyl (C=O) groups excluding carboxylic acids is 2. The van der Waals surface area contributed by atoms with Crippen LogP contribution >= 0.6 is 0 Å². The molecule has 4 aromatic rings. The van der Waals surface area contributed by atoms with E-state index in [1.807, 2.05) is 24.3 Å². The quantitative estimate of drug-likeness (QED) is 0.238. The average molecular weight is 555 g/mol. The number of ether oxygens (including phenoxy) is 1. The second-order valence-corrected chi connectivity index (χ2v) is 9.40. The largest absolute Gasteiger partial charge is 0.497 e. The number of halogens is 1. The van der Waals surface area contributed by atoms with E-state index in [0.29, 0.717) is 40.8 Å². The smallest absolute Gasteiger partial charge is 0.305 e. The van der Waals surface area contributed by atoms with E-state index < -0.39 is 17.7 Å². The van der Waals surface area contributed by atoms with Gasteiger partial charge in [-0.2, -0.15) is 0 Å². The number of aliphatic carboxylic acids is 1. The third kappa shape index (κ3) is 7.57. The molecule has 0 fully saturated rings. The van der Waals surface area contributed by atoms with Crippen LogP contribution in [0.25, 0.3) is 11.1 Å². The summed E-state index contributed by atoms with van der Waals surface area (Å²) in [6.45, 7) is 0.343. The molecular weight excluding hydrogens is 523 g/mol. The first kappa shape index (κ1) is 29.0. The van der Waals surface area contributed by atoms with Crippen molar-refractivity contribution in [2.45, 2.75) is 19.4 Å². The van der Waals surface area contributed by atoms with Gasteiger partial charge in [0, 0.05) is 36.3 Å². The molecule has 0 aliphatic carbocycles. The molecule has 0 aromatic heterocycles. The Morgan fingerprint density at radius 3 is 2.07 bits per heavy atom. The van der Waals surface area contributed by atoms with Crippen molar-refractivity contribution < 1.29 is 28.6 Å². The molecule has 0 heterocycles. The maximum absolute atomic E-state index is 14.1. The van der Waals surface area contributed by atoms with Crippen molar-refractivity contribution in [2.24, 2.45) is 0 Å². The summed E-state index contributed by atoms with van der Waals surface area (Å²) in [6.07, 6.45) is 0.318. The molecule has 2 amide bonds. The zero-order valence-electron chi connectivity index (χ0n) is 22.7. The van der Waals surface area contributed by atoms with Gasteiger partial charge in [-0.1, -0.05) is 66.7 Å². The molecule has 0 aliphatic heterocycles. The van der Waals surface area contributed by atoms with Gasteiger partial charge in [-0.05, 0) is 53.4 Å². The Balaban J connectivity index is 1.60. The lowest BCUT2D eigenvalue weighted by molar-refractivity contribution is -0.137. The predicted octanol–water partition coefficient (Wildman–Crippen LogP) is 5.59. The van der Waals surface area contributed by atoms with E-state index in [2.05, 4.69) is 5.32 Å². The van der Waals surface area contributed by atoms with Crippen molar-refractivity contribution in [1.29, 1.82) is 0 Å². The molecule has 7 nitrogen and oxygen atoms in total. The number of nitrogens with zero attached hydrogens (tertiary/aromatic N) is 1. The zero-order chi connectivity index (χ0) is 29.2. The van der Waals surface area contributed by atoms with Gasteiger partial charge in [0.1, 0.15) is 11.6 Å². The molecule has 0 saturated carbocycles. The second kappa shape index (κ2) is 13.9. The Morgan fingerprint density at radius 1 is 0.805 bits per heavy atom. The van der Waals surface area contributed by atoms with Gasteiger partial charge in [0.05, 0.1) is 13.5 Å². The van der Waals surface area contributed by atoms with E-state index in [0.717, 1.165) is 11.3 Å². The maximum atomic E-state index is 14.1. The highest BCUT2D eigenvalue weighted by atomic mass is 19.1. The number of hydrogen-bond acceptors (Lipinski definition) is 4. The van der Waals surface area contributed by atoms with Crippen LogP contribution in [-0.4, -0.2) is 48.0 Å². The van der Waals surface area contributed by atoms with Gasteiger partial charge in [-0.15, -0.1) is 0 Å². The summed E-state index contributed by atoms with van der Waals surface area (Å²) < 4.78 is 19.3. The molecule has 0 bridgehead atoms. The third-order valence-corrected chi connectivity index (χ3v) is 6.73. The van der Waals surface area contributed by atoms with Crippen molar-refractivity contribution in [3.8, 4) is 16.9 Å². The summed E-state index contributed by atoms with van der Waals surface area (Å²) in [5, 5.41) is 12.1. The molecule has 0 atom stereocenters. The summed E-state index contributed by atoms with van der Waals surface area (Å²) in [4.78, 5) is 40.0. The monoisotopic (exact) mass is 554 g/mol. The van der Waals surface area contributed by atoms with Gasteiger partial charge in [-0.3, -0.25) is 14.4 Å². The van der Waals surface area contributed by atoms with Crippen molar-refractivity contribution in [1.82, 2.24) is 10.2 Å². The SMILES string of the molecule is COc1ccc(CCN(CCC(=O)O)C(=O)c2ccccc2-c2ccccc2C(=O)NCc2ccccc2F)cc1. The van der Waals surface area contributed by atoms with Crippen molar-refractivity contribution in [3.05, 3.63) is 125 Å². The molecule has 2 N–H and O–H groups in total. The zero-order valence-corrected chi connectivity index (χ0v) is 22.7. The van der Waals surface area contributed by atoms with Crippen LogP contribution in [-0.2, 0) is 17.8 Å². The number of carbonyl (C=O) groups is 3. The van der Waals surface area contributed by atoms with E-state index in [9.17, 15) is 23.9 Å². The Labute approximate surface area is 238 Å². The standard InChI is InChI=1S/C33H31FN2O5/c1-41-25-16-14-23(15-17-25)18-20-36(21-19-31(37)38)33(40)29-12-6-4-10-27(29)26-9-3-5-11-28(26)32(39)35-22-24-8-2-7-13-30(24)34/h2-17H,18-22H2,1H3,(H,35,39)(H,37,38). The number of methoxy groups -OCH3 is 1. The van der Waals surface area contributed by atoms with Crippen LogP contribution in [0.5, 0.6) is 5.75 Å². The molecule has 210 valence electrons. The van der Waals surface area contributed by atoms with Crippen LogP contribution in [0.3, 0.4) is 0 Å². The molecule has 0 radical (unpaired) electrons. The number of benzene rings is 4. The second-order valence-electron chi connectivity index (χ2n) is 9.40. The highest BCUT2D eigenvalue weighted by Gasteiger charge is 2.22. The number of carboxylic acid groups (broad SMARTS) is 1. The van der Waals surface area contributed by atoms with Gasteiger partial charge in [-0.25, -0.2) is 4.39 Å². The third-order valence-electron chi connectivity index (χ3n) is 6.73. The van der Waals surface area contributed by atoms with Gasteiger partial charge >= 0.3 is 5.97 Å². The number of carboxylic acids is 1. The normalized spacial score (nSPS) is 10.6. The minimum Gasteiger partial charge on any atom is -0.497 e. The molecule has 0 spiro atoms. The first-order valence-electron chi connectivity index (χ1n) is 13.2. The number of amides is 2. The van der Waals surface area contributed by atoms with E-state index in [1.54, 1.807) is 73.8 Å². The fourth-order valence-corrected chi connectivity index (χ4v) is 4.51. The minimum absolute atomic E-state index is 0.00868. The van der Waals surface area contributed by atoms with Crippen LogP contribution < -0.4 is 10.1 Å². The van der Waals surface area contributed by atoms with Crippen LogP contribution in [0.15, 0.2) is 97.1 Å². The Kier molecular flexibility index (Phi) is 9.83. The molecule has 8 heteroatoms. The molecule has 4 aromatic carbocycles. The summed E-state index contributed by atoms with van der Waals surface area (Å²) in [5.74, 6) is -1.44. The van der Waals surface area contributed by atoms with Crippen LogP contribution in [0.1, 0.15) is 38.3 Å². The van der Waals surface area contributed by atoms with Gasteiger partial charge in [0.2, 0.25) is 0 Å². The van der Waals surface area contributed by atoms with Crippen molar-refractivity contribution >= 4 is 17.8 Å². The van der Waals surface area contributed by atoms with E-state index >= 15 is 0 Å². The number of rotatable bonds is 12. The number of nitrogens with one attached hydrogen (secondary N) is 1. The predicted molar refractivity (Wildman–Crippen MR) is 154 cm³/mol. The topological polar surface area (TPSA) is 95.9 Å². The molecule has 4 rings (SSSR count). The summed E-state index contributed by atoms with van der Waals surface area (Å²) in [5.41, 5.74) is 3.10. The number of hydrogen-bond donors (Lipinski definition) is 2. The summed E-state index contributed by atoms with van der Waals surface area (Å²) in [6, 6.07) is 27.5. The lowest BCUT2D eigenvalue weighted by Gasteiger charge is -2.24. The lowest BCUT2D eigenvalue weighted by Crippen LogP contribution is -2.35. The molecule has 0 saturated heterocycles. The van der Waals surface area contributed by atoms with Crippen LogP contribution in [0, 0.1) is 5.82 Å². The Hall–Kier alpha value is -4.98. The fraction of sp³-hybridized carbons (Fsp3) is 0.182. The maximum Gasteiger partial charge on any atom is 0.305 e. The molecule has 0 unspecified atom stereocenters. The van der Waals surface area contributed by atoms with Crippen LogP contribution in [0.4, 0.5) is 4.39 Å². The van der Waals surface area contributed by atoms with Gasteiger partial charge < -0.3 is 20.1 Å². The molecule has 41 heavy (non-hydrogen) atoms. The van der Waals surface area contributed by atoms with E-state index in [1.165, 1.54) is 11.0 Å². The van der Waals surface area contributed by atoms with Gasteiger partial charge in [0.15, 0.2) is 0 Å². The first-order valence-corrected chi connectivity index (χ1v) is 13.2.